The molecule has 0 bridgehead atoms. The number of hydrogen-bond donors (Lipinski definition) is 3. The maximum atomic E-state index is 9.76. The summed E-state index contributed by atoms with van der Waals surface area (Å²) in [6, 6.07) is 88.5. The number of pyridine rings is 2. The molecule has 450 valence electrons. The van der Waals surface area contributed by atoms with Gasteiger partial charge < -0.3 is 20.2 Å². The summed E-state index contributed by atoms with van der Waals surface area (Å²) in [4.78, 5) is 10.3. The van der Waals surface area contributed by atoms with E-state index in [4.69, 9.17) is 35.0 Å². The van der Waals surface area contributed by atoms with Crippen molar-refractivity contribution < 1.29 is 9.53 Å². The molecule has 0 fully saturated rings. The molecule has 4 aromatic heterocycles. The van der Waals surface area contributed by atoms with Crippen LogP contribution < -0.4 is 10.6 Å². The van der Waals surface area contributed by atoms with E-state index >= 15 is 0 Å². The van der Waals surface area contributed by atoms with Crippen molar-refractivity contribution >= 4 is 42.3 Å². The molecule has 2 atom stereocenters. The average Bonchev–Trinajstić information content (AvgIpc) is 1.70. The van der Waals surface area contributed by atoms with E-state index < -0.39 is 19.4 Å². The Morgan fingerprint density at radius 3 is 1.01 bits per heavy atom. The van der Waals surface area contributed by atoms with Crippen LogP contribution in [0, 0.1) is 0 Å². The number of aliphatic hydroxyl groups excluding tert-OH is 1. The van der Waals surface area contributed by atoms with Crippen LogP contribution in [0.2, 0.25) is 18.1 Å². The molecular weight excluding hydrogens is 1110 g/mol. The highest BCUT2D eigenvalue weighted by molar-refractivity contribution is 6.74. The number of hydrogen-bond acceptors (Lipinski definition) is 10. The topological polar surface area (TPSA) is 141 Å². The number of rotatable bonds is 22. The van der Waals surface area contributed by atoms with Crippen LogP contribution in [0.1, 0.15) is 114 Å². The van der Waals surface area contributed by atoms with Crippen LogP contribution in [0.5, 0.6) is 0 Å². The lowest BCUT2D eigenvalue weighted by atomic mass is 9.77. The van der Waals surface area contributed by atoms with E-state index in [2.05, 4.69) is 275 Å². The summed E-state index contributed by atoms with van der Waals surface area (Å²) < 4.78 is 10.7. The SMILES string of the molecule is CNc1cc(C(CCCO[Si](C)(C)C(C)(C)C)c2ccccc2)c2nnn(C(c3ccccc3)(c3ccccc3)c3ccccc3)c2n1.CNc1cc([C@H](CCCO)c2ccccc2)c2nnn(C(c3ccccc3)(c3ccccc3)c3ccccc3)c2n1. The van der Waals surface area contributed by atoms with Gasteiger partial charge in [0.05, 0.1) is 0 Å². The summed E-state index contributed by atoms with van der Waals surface area (Å²) in [7, 11) is 1.96. The summed E-state index contributed by atoms with van der Waals surface area (Å²) in [6.07, 6.45) is 3.29. The van der Waals surface area contributed by atoms with Gasteiger partial charge in [-0.1, -0.05) is 274 Å². The van der Waals surface area contributed by atoms with E-state index in [-0.39, 0.29) is 23.5 Å². The third kappa shape index (κ3) is 12.3. The highest BCUT2D eigenvalue weighted by Gasteiger charge is 2.44. The molecule has 13 heteroatoms. The van der Waals surface area contributed by atoms with Gasteiger partial charge in [-0.15, -0.1) is 10.2 Å². The van der Waals surface area contributed by atoms with Crippen molar-refractivity contribution in [3.05, 3.63) is 310 Å². The highest BCUT2D eigenvalue weighted by atomic mass is 28.4. The van der Waals surface area contributed by atoms with Crippen molar-refractivity contribution in [3.8, 4) is 0 Å². The molecule has 0 radical (unpaired) electrons. The van der Waals surface area contributed by atoms with Crippen molar-refractivity contribution in [3.63, 3.8) is 0 Å². The Balaban J connectivity index is 0.000000186. The number of aliphatic hydroxyl groups is 1. The first-order valence-corrected chi connectivity index (χ1v) is 33.9. The van der Waals surface area contributed by atoms with Gasteiger partial charge in [0, 0.05) is 39.1 Å². The Kier molecular flexibility index (Phi) is 18.8. The second kappa shape index (κ2) is 27.3. The Hall–Kier alpha value is -9.40. The molecule has 3 N–H and O–H groups in total. The van der Waals surface area contributed by atoms with E-state index in [0.29, 0.717) is 12.1 Å². The van der Waals surface area contributed by atoms with Crippen LogP contribution in [-0.2, 0) is 15.5 Å². The zero-order valence-electron chi connectivity index (χ0n) is 52.1. The summed E-state index contributed by atoms with van der Waals surface area (Å²) in [5, 5.41) is 36.3. The first kappa shape index (κ1) is 61.3. The lowest BCUT2D eigenvalue weighted by molar-refractivity contribution is 0.277. The molecule has 89 heavy (non-hydrogen) atoms. The number of benzene rings is 8. The van der Waals surface area contributed by atoms with Crippen molar-refractivity contribution in [2.75, 3.05) is 37.9 Å². The molecule has 1 unspecified atom stereocenters. The highest BCUT2D eigenvalue weighted by Crippen LogP contribution is 2.46. The second-order valence-corrected chi connectivity index (χ2v) is 29.0. The van der Waals surface area contributed by atoms with Crippen molar-refractivity contribution in [2.24, 2.45) is 0 Å². The number of anilines is 2. The van der Waals surface area contributed by atoms with E-state index in [9.17, 15) is 5.11 Å². The average molecular weight is 1190 g/mol. The Labute approximate surface area is 524 Å². The van der Waals surface area contributed by atoms with Gasteiger partial charge >= 0.3 is 0 Å². The standard InChI is InChI=1S/C41H47N5OSi.C35H33N5O/c1-40(2,3)48(5,6)47-29-19-28-35(31-20-11-7-12-21-31)36-30-37(42-4)43-39-38(36)44-45-46(39)41(32-22-13-8-14-23-32,33-24-15-9-16-25-33)34-26-17-10-18-27-34;1-36-32-25-31(30(23-14-24-41)26-15-6-2-7-16-26)33-34(37-32)40(39-38-33)35(27-17-8-3-9-18-27,28-19-10-4-11-20-28)29-21-12-5-13-22-29/h7-18,20-27,30,35H,19,28-29H2,1-6H3,(H,42,43);2-13,15-22,25,30,41H,14,23-24H2,1H3,(H,36,37)/t;30-/m.1/s1. The fourth-order valence-electron chi connectivity index (χ4n) is 12.4. The molecule has 12 aromatic rings. The molecule has 4 heterocycles. The van der Waals surface area contributed by atoms with Crippen LogP contribution in [0.4, 0.5) is 11.6 Å². The summed E-state index contributed by atoms with van der Waals surface area (Å²) in [5.41, 5.74) is 12.3. The molecule has 0 aliphatic rings. The number of aromatic nitrogens is 8. The molecule has 0 saturated heterocycles. The lowest BCUT2D eigenvalue weighted by Gasteiger charge is -2.36. The zero-order valence-corrected chi connectivity index (χ0v) is 53.1. The van der Waals surface area contributed by atoms with Crippen LogP contribution in [0.15, 0.2) is 255 Å². The zero-order chi connectivity index (χ0) is 61.9. The van der Waals surface area contributed by atoms with E-state index in [1.165, 1.54) is 11.1 Å². The fraction of sp³-hybridized carbons (Fsp3) is 0.237. The van der Waals surface area contributed by atoms with Crippen molar-refractivity contribution in [1.29, 1.82) is 0 Å². The monoisotopic (exact) mass is 1190 g/mol. The number of nitrogens with one attached hydrogen (secondary N) is 2. The molecule has 12 rings (SSSR count). The Morgan fingerprint density at radius 2 is 0.730 bits per heavy atom. The predicted molar refractivity (Wildman–Crippen MR) is 364 cm³/mol. The third-order valence-electron chi connectivity index (χ3n) is 17.9. The van der Waals surface area contributed by atoms with Crippen LogP contribution >= 0.6 is 0 Å². The van der Waals surface area contributed by atoms with Crippen LogP contribution in [0.25, 0.3) is 22.3 Å². The molecule has 0 aliphatic carbocycles. The third-order valence-corrected chi connectivity index (χ3v) is 22.4. The maximum Gasteiger partial charge on any atom is 0.191 e. The number of fused-ring (bicyclic) bond motifs is 2. The second-order valence-electron chi connectivity index (χ2n) is 24.2. The van der Waals surface area contributed by atoms with Crippen LogP contribution in [-0.4, -0.2) is 80.7 Å². The largest absolute Gasteiger partial charge is 0.417 e. The van der Waals surface area contributed by atoms with E-state index in [1.54, 1.807) is 0 Å². The molecule has 0 spiro atoms. The first-order valence-electron chi connectivity index (χ1n) is 31.0. The lowest BCUT2D eigenvalue weighted by Crippen LogP contribution is -2.41. The predicted octanol–water partition coefficient (Wildman–Crippen LogP) is 16.3. The van der Waals surface area contributed by atoms with Gasteiger partial charge in [-0.3, -0.25) is 0 Å². The van der Waals surface area contributed by atoms with Gasteiger partial charge in [0.25, 0.3) is 0 Å². The maximum absolute atomic E-state index is 9.76. The van der Waals surface area contributed by atoms with Crippen molar-refractivity contribution in [2.45, 2.75) is 87.5 Å². The quantitative estimate of drug-likeness (QED) is 0.0341. The number of nitrogens with zero attached hydrogens (tertiary/aromatic N) is 8. The minimum atomic E-state index is -1.85. The first-order chi connectivity index (χ1) is 43.4. The summed E-state index contributed by atoms with van der Waals surface area (Å²) in [6.45, 7) is 12.4. The molecule has 8 aromatic carbocycles. The van der Waals surface area contributed by atoms with Gasteiger partial charge in [-0.05, 0) is 112 Å². The van der Waals surface area contributed by atoms with Gasteiger partial charge in [0.15, 0.2) is 19.6 Å². The van der Waals surface area contributed by atoms with Gasteiger partial charge in [0.1, 0.15) is 33.7 Å². The van der Waals surface area contributed by atoms with Gasteiger partial charge in [0.2, 0.25) is 0 Å². The smallest absolute Gasteiger partial charge is 0.191 e. The van der Waals surface area contributed by atoms with Crippen molar-refractivity contribution in [1.82, 2.24) is 40.0 Å². The molecule has 0 amide bonds. The minimum absolute atomic E-state index is 0.0191. The molecular formula is C76H80N10O2Si. The normalized spacial score (nSPS) is 12.7. The summed E-state index contributed by atoms with van der Waals surface area (Å²) >= 11 is 0. The van der Waals surface area contributed by atoms with Crippen LogP contribution in [0.3, 0.4) is 0 Å². The molecule has 12 nitrogen and oxygen atoms in total. The fourth-order valence-corrected chi connectivity index (χ4v) is 13.5. The minimum Gasteiger partial charge on any atom is -0.417 e. The van der Waals surface area contributed by atoms with Gasteiger partial charge in [-0.2, -0.15) is 0 Å². The Morgan fingerprint density at radius 1 is 0.438 bits per heavy atom. The molecule has 0 saturated carbocycles. The van der Waals surface area contributed by atoms with E-state index in [0.717, 1.165) is 98.7 Å². The summed E-state index contributed by atoms with van der Waals surface area (Å²) in [5.74, 6) is 1.62. The van der Waals surface area contributed by atoms with E-state index in [1.807, 2.05) is 47.7 Å². The Bertz CT molecular complexity index is 3980. The molecule has 0 aliphatic heterocycles. The van der Waals surface area contributed by atoms with Gasteiger partial charge in [-0.25, -0.2) is 19.3 Å².